The summed E-state index contributed by atoms with van der Waals surface area (Å²) in [4.78, 5) is 2.63. The normalized spacial score (nSPS) is 16.2. The van der Waals surface area contributed by atoms with Crippen molar-refractivity contribution in [3.8, 4) is 0 Å². The van der Waals surface area contributed by atoms with Crippen molar-refractivity contribution >= 4 is 0 Å². The van der Waals surface area contributed by atoms with Gasteiger partial charge in [0.2, 0.25) is 0 Å². The van der Waals surface area contributed by atoms with Crippen LogP contribution in [0.2, 0.25) is 0 Å². The van der Waals surface area contributed by atoms with Gasteiger partial charge < -0.3 is 10.2 Å². The molecular weight excluding hydrogens is 208 g/mol. The Balaban J connectivity index is 4.18. The predicted octanol–water partition coefficient (Wildman–Crippen LogP) is 3.52. The van der Waals surface area contributed by atoms with Crippen molar-refractivity contribution in [1.29, 1.82) is 0 Å². The van der Waals surface area contributed by atoms with Crippen molar-refractivity contribution in [2.45, 2.75) is 72.9 Å². The van der Waals surface area contributed by atoms with Gasteiger partial charge in [0.15, 0.2) is 0 Å². The van der Waals surface area contributed by atoms with Crippen molar-refractivity contribution in [1.82, 2.24) is 10.2 Å². The molecule has 0 radical (unpaired) electrons. The largest absolute Gasteiger partial charge is 0.312 e. The highest BCUT2D eigenvalue weighted by molar-refractivity contribution is 4.78. The van der Waals surface area contributed by atoms with Gasteiger partial charge in [-0.25, -0.2) is 0 Å². The van der Waals surface area contributed by atoms with Crippen molar-refractivity contribution in [2.24, 2.45) is 5.92 Å². The highest BCUT2D eigenvalue weighted by Crippen LogP contribution is 2.13. The quantitative estimate of drug-likeness (QED) is 0.700. The van der Waals surface area contributed by atoms with Gasteiger partial charge in [-0.2, -0.15) is 0 Å². The van der Waals surface area contributed by atoms with Gasteiger partial charge in [-0.05, 0) is 66.1 Å². The molecular formula is C15H34N2. The lowest BCUT2D eigenvalue weighted by atomic mass is 9.99. The highest BCUT2D eigenvalue weighted by Gasteiger charge is 2.20. The smallest absolute Gasteiger partial charge is 0.0105 e. The van der Waals surface area contributed by atoms with E-state index in [1.54, 1.807) is 0 Å². The van der Waals surface area contributed by atoms with Gasteiger partial charge in [0.1, 0.15) is 0 Å². The molecule has 104 valence electrons. The zero-order valence-corrected chi connectivity index (χ0v) is 13.1. The lowest BCUT2D eigenvalue weighted by Crippen LogP contribution is -2.45. The third-order valence-electron chi connectivity index (χ3n) is 3.38. The number of rotatable bonds is 8. The Labute approximate surface area is 109 Å². The second-order valence-electron chi connectivity index (χ2n) is 6.38. The summed E-state index contributed by atoms with van der Waals surface area (Å²) in [6, 6.07) is 0.671. The molecule has 1 N–H and O–H groups in total. The molecule has 0 aromatic carbocycles. The van der Waals surface area contributed by atoms with Gasteiger partial charge in [-0.1, -0.05) is 20.8 Å². The summed E-state index contributed by atoms with van der Waals surface area (Å²) in [6.07, 6.45) is 2.51. The third-order valence-corrected chi connectivity index (χ3v) is 3.38. The van der Waals surface area contributed by atoms with Crippen LogP contribution in [-0.2, 0) is 0 Å². The maximum atomic E-state index is 3.61. The van der Waals surface area contributed by atoms with Crippen LogP contribution in [0.15, 0.2) is 0 Å². The molecule has 0 fully saturated rings. The van der Waals surface area contributed by atoms with Crippen molar-refractivity contribution in [3.05, 3.63) is 0 Å². The standard InChI is InChI=1S/C15H34N2/c1-8-10-17(11-9-2)14(4)13(3)12-16-15(5,6)7/h13-14,16H,8-12H2,1-7H3. The van der Waals surface area contributed by atoms with Crippen LogP contribution in [-0.4, -0.2) is 36.1 Å². The Bertz CT molecular complexity index is 178. The molecule has 2 unspecified atom stereocenters. The molecule has 2 nitrogen and oxygen atoms in total. The Morgan fingerprint density at radius 2 is 1.47 bits per heavy atom. The molecule has 0 rings (SSSR count). The predicted molar refractivity (Wildman–Crippen MR) is 78.5 cm³/mol. The molecule has 0 aliphatic heterocycles. The number of nitrogens with zero attached hydrogens (tertiary/aromatic N) is 1. The Kier molecular flexibility index (Phi) is 8.06. The van der Waals surface area contributed by atoms with Crippen molar-refractivity contribution in [2.75, 3.05) is 19.6 Å². The van der Waals surface area contributed by atoms with Crippen LogP contribution in [0.4, 0.5) is 0 Å². The van der Waals surface area contributed by atoms with Crippen molar-refractivity contribution in [3.63, 3.8) is 0 Å². The first kappa shape index (κ1) is 16.9. The first-order valence-corrected chi connectivity index (χ1v) is 7.30. The van der Waals surface area contributed by atoms with E-state index < -0.39 is 0 Å². The Morgan fingerprint density at radius 1 is 1.00 bits per heavy atom. The van der Waals surface area contributed by atoms with E-state index in [2.05, 4.69) is 58.7 Å². The number of hydrogen-bond acceptors (Lipinski definition) is 2. The second kappa shape index (κ2) is 8.10. The molecule has 0 saturated heterocycles. The van der Waals surface area contributed by atoms with Crippen LogP contribution in [0.3, 0.4) is 0 Å². The molecule has 0 aliphatic carbocycles. The summed E-state index contributed by atoms with van der Waals surface area (Å²) in [5.41, 5.74) is 0.230. The molecule has 0 heterocycles. The lowest BCUT2D eigenvalue weighted by Gasteiger charge is -2.34. The van der Waals surface area contributed by atoms with Crippen LogP contribution in [0.5, 0.6) is 0 Å². The van der Waals surface area contributed by atoms with E-state index in [1.165, 1.54) is 25.9 Å². The average molecular weight is 242 g/mol. The van der Waals surface area contributed by atoms with Gasteiger partial charge in [0.05, 0.1) is 0 Å². The highest BCUT2D eigenvalue weighted by atomic mass is 15.2. The van der Waals surface area contributed by atoms with Gasteiger partial charge in [-0.3, -0.25) is 0 Å². The van der Waals surface area contributed by atoms with Crippen molar-refractivity contribution < 1.29 is 0 Å². The summed E-state index contributed by atoms with van der Waals surface area (Å²) in [7, 11) is 0. The molecule has 2 atom stereocenters. The molecule has 2 heteroatoms. The third kappa shape index (κ3) is 7.77. The molecule has 17 heavy (non-hydrogen) atoms. The number of nitrogens with one attached hydrogen (secondary N) is 1. The Morgan fingerprint density at radius 3 is 1.82 bits per heavy atom. The molecule has 0 saturated carbocycles. The fourth-order valence-corrected chi connectivity index (χ4v) is 2.09. The summed E-state index contributed by atoms with van der Waals surface area (Å²) >= 11 is 0. The minimum Gasteiger partial charge on any atom is -0.312 e. The lowest BCUT2D eigenvalue weighted by molar-refractivity contribution is 0.155. The van der Waals surface area contributed by atoms with Crippen LogP contribution in [0, 0.1) is 5.92 Å². The summed E-state index contributed by atoms with van der Waals surface area (Å²) in [5.74, 6) is 0.701. The van der Waals surface area contributed by atoms with Crippen LogP contribution >= 0.6 is 0 Å². The van der Waals surface area contributed by atoms with E-state index in [1.807, 2.05) is 0 Å². The van der Waals surface area contributed by atoms with Gasteiger partial charge in [0, 0.05) is 11.6 Å². The van der Waals surface area contributed by atoms with Gasteiger partial charge in [-0.15, -0.1) is 0 Å². The summed E-state index contributed by atoms with van der Waals surface area (Å²) < 4.78 is 0. The summed E-state index contributed by atoms with van der Waals surface area (Å²) in [6.45, 7) is 19.6. The molecule has 0 amide bonds. The zero-order chi connectivity index (χ0) is 13.5. The van der Waals surface area contributed by atoms with Crippen LogP contribution in [0.1, 0.15) is 61.3 Å². The minimum absolute atomic E-state index is 0.230. The van der Waals surface area contributed by atoms with E-state index >= 15 is 0 Å². The zero-order valence-electron chi connectivity index (χ0n) is 13.1. The maximum Gasteiger partial charge on any atom is 0.0105 e. The fraction of sp³-hybridized carbons (Fsp3) is 1.00. The molecule has 0 spiro atoms. The minimum atomic E-state index is 0.230. The van der Waals surface area contributed by atoms with Crippen LogP contribution < -0.4 is 5.32 Å². The van der Waals surface area contributed by atoms with E-state index in [-0.39, 0.29) is 5.54 Å². The summed E-state index contributed by atoms with van der Waals surface area (Å²) in [5, 5.41) is 3.61. The maximum absolute atomic E-state index is 3.61. The molecule has 0 aliphatic rings. The van der Waals surface area contributed by atoms with Crippen LogP contribution in [0.25, 0.3) is 0 Å². The van der Waals surface area contributed by atoms with E-state index in [9.17, 15) is 0 Å². The number of hydrogen-bond donors (Lipinski definition) is 1. The molecule has 0 aromatic heterocycles. The second-order valence-corrected chi connectivity index (χ2v) is 6.38. The monoisotopic (exact) mass is 242 g/mol. The fourth-order valence-electron chi connectivity index (χ4n) is 2.09. The first-order chi connectivity index (χ1) is 7.81. The van der Waals surface area contributed by atoms with Gasteiger partial charge >= 0.3 is 0 Å². The SMILES string of the molecule is CCCN(CCC)C(C)C(C)CNC(C)(C)C. The van der Waals surface area contributed by atoms with E-state index in [0.29, 0.717) is 12.0 Å². The molecule has 0 aromatic rings. The topological polar surface area (TPSA) is 15.3 Å². The first-order valence-electron chi connectivity index (χ1n) is 7.30. The molecule has 0 bridgehead atoms. The van der Waals surface area contributed by atoms with Gasteiger partial charge in [0.25, 0.3) is 0 Å². The Hall–Kier alpha value is -0.0800. The van der Waals surface area contributed by atoms with E-state index in [4.69, 9.17) is 0 Å². The van der Waals surface area contributed by atoms with E-state index in [0.717, 1.165) is 6.54 Å². The average Bonchev–Trinajstić information content (AvgIpc) is 2.23.